The molecule has 2 aromatic carbocycles. The van der Waals surface area contributed by atoms with Crippen LogP contribution in [-0.4, -0.2) is 33.9 Å². The minimum absolute atomic E-state index is 0.0648. The number of nitrogens with one attached hydrogen (secondary N) is 1. The highest BCUT2D eigenvalue weighted by Crippen LogP contribution is 2.42. The molecule has 1 atom stereocenters. The Morgan fingerprint density at radius 1 is 0.900 bits per heavy atom. The number of carbonyl (C=O) groups excluding carboxylic acids is 1. The van der Waals surface area contributed by atoms with Crippen molar-refractivity contribution in [3.63, 3.8) is 0 Å². The molecule has 1 saturated heterocycles. The Hall–Kier alpha value is -4.41. The van der Waals surface area contributed by atoms with Gasteiger partial charge in [0.05, 0.1) is 16.7 Å². The monoisotopic (exact) mass is 557 g/mol. The van der Waals surface area contributed by atoms with E-state index in [0.717, 1.165) is 35.9 Å². The first-order chi connectivity index (χ1) is 18.9. The number of likely N-dealkylation sites (tertiary alicyclic amines) is 1. The summed E-state index contributed by atoms with van der Waals surface area (Å²) in [5.41, 5.74) is -2.55. The van der Waals surface area contributed by atoms with Gasteiger partial charge < -0.3 is 9.88 Å². The van der Waals surface area contributed by atoms with Gasteiger partial charge in [-0.2, -0.15) is 26.3 Å². The van der Waals surface area contributed by atoms with Crippen molar-refractivity contribution in [1.82, 2.24) is 14.9 Å². The third-order valence-corrected chi connectivity index (χ3v) is 6.92. The first-order valence-electron chi connectivity index (χ1n) is 12.2. The zero-order valence-corrected chi connectivity index (χ0v) is 20.7. The van der Waals surface area contributed by atoms with Crippen molar-refractivity contribution >= 4 is 5.91 Å². The van der Waals surface area contributed by atoms with E-state index in [2.05, 4.69) is 9.97 Å². The molecule has 0 saturated carbocycles. The molecule has 1 unspecified atom stereocenters. The molecule has 5 rings (SSSR count). The summed E-state index contributed by atoms with van der Waals surface area (Å²) in [5.74, 6) is -0.949. The van der Waals surface area contributed by atoms with E-state index >= 15 is 0 Å². The Balaban J connectivity index is 1.66. The molecule has 11 heteroatoms. The van der Waals surface area contributed by atoms with Crippen LogP contribution in [0.3, 0.4) is 0 Å². The lowest BCUT2D eigenvalue weighted by Gasteiger charge is -2.22. The maximum Gasteiger partial charge on any atom is 0.417 e. The summed E-state index contributed by atoms with van der Waals surface area (Å²) in [4.78, 5) is 33.0. The van der Waals surface area contributed by atoms with E-state index in [4.69, 9.17) is 0 Å². The number of H-pyrrole nitrogens is 1. The lowest BCUT2D eigenvalue weighted by Crippen LogP contribution is -2.30. The zero-order valence-electron chi connectivity index (χ0n) is 20.7. The number of pyridine rings is 2. The van der Waals surface area contributed by atoms with E-state index in [1.165, 1.54) is 23.2 Å². The lowest BCUT2D eigenvalue weighted by molar-refractivity contribution is -0.138. The van der Waals surface area contributed by atoms with Gasteiger partial charge in [-0.3, -0.25) is 14.6 Å². The SMILES string of the molecule is O=C(c1cc(-c2ccc(=O)[nH]c2)c(-c2cccc(C(F)(F)F)c2)cc1C(F)(F)F)N1CCC(c2cccnc2)C1. The number of carbonyl (C=O) groups is 1. The summed E-state index contributed by atoms with van der Waals surface area (Å²) >= 11 is 0. The molecule has 0 radical (unpaired) electrons. The van der Waals surface area contributed by atoms with Crippen LogP contribution >= 0.6 is 0 Å². The van der Waals surface area contributed by atoms with Crippen molar-refractivity contribution in [2.24, 2.45) is 0 Å². The molecule has 4 aromatic rings. The van der Waals surface area contributed by atoms with Crippen molar-refractivity contribution in [2.75, 3.05) is 13.1 Å². The Kier molecular flexibility index (Phi) is 6.99. The Morgan fingerprint density at radius 2 is 1.68 bits per heavy atom. The summed E-state index contributed by atoms with van der Waals surface area (Å²) in [5, 5.41) is 0. The first kappa shape index (κ1) is 27.2. The first-order valence-corrected chi connectivity index (χ1v) is 12.2. The number of aromatic nitrogens is 2. The third kappa shape index (κ3) is 5.49. The van der Waals surface area contributed by atoms with Crippen LogP contribution in [0.1, 0.15) is 39.4 Å². The van der Waals surface area contributed by atoms with Crippen LogP contribution in [0.5, 0.6) is 0 Å². The van der Waals surface area contributed by atoms with Gasteiger partial charge in [-0.25, -0.2) is 0 Å². The lowest BCUT2D eigenvalue weighted by atomic mass is 9.89. The molecule has 2 aromatic heterocycles. The normalized spacial score (nSPS) is 15.8. The molecule has 0 aliphatic carbocycles. The summed E-state index contributed by atoms with van der Waals surface area (Å²) in [6.07, 6.45) is -4.68. The second kappa shape index (κ2) is 10.3. The molecule has 1 amide bonds. The number of nitrogens with zero attached hydrogens (tertiary/aromatic N) is 2. The van der Waals surface area contributed by atoms with Crippen molar-refractivity contribution in [3.05, 3.63) is 112 Å². The standard InChI is InChI=1S/C29H21F6N3O2/c30-28(31,32)21-5-1-3-17(11-21)23-13-25(29(33,34)35)24(12-22(23)19-6-7-26(39)37-15-19)27(40)38-10-8-20(16-38)18-4-2-9-36-14-18/h1-7,9,11-15,20H,8,10,16H2,(H,37,39). The maximum atomic E-state index is 14.4. The van der Waals surface area contributed by atoms with E-state index in [-0.39, 0.29) is 41.3 Å². The Labute approximate surface area is 224 Å². The van der Waals surface area contributed by atoms with Crippen LogP contribution in [0.25, 0.3) is 22.3 Å². The second-order valence-corrected chi connectivity index (χ2v) is 9.48. The predicted molar refractivity (Wildman–Crippen MR) is 135 cm³/mol. The third-order valence-electron chi connectivity index (χ3n) is 6.92. The number of aromatic amines is 1. The highest BCUT2D eigenvalue weighted by molar-refractivity contribution is 6.00. The van der Waals surface area contributed by atoms with Crippen LogP contribution in [0, 0.1) is 0 Å². The summed E-state index contributed by atoms with van der Waals surface area (Å²) in [6.45, 7) is 0.407. The van der Waals surface area contributed by atoms with Gasteiger partial charge in [-0.15, -0.1) is 0 Å². The van der Waals surface area contributed by atoms with Crippen LogP contribution in [0.15, 0.2) is 84.0 Å². The Bertz CT molecular complexity index is 1590. The average molecular weight is 557 g/mol. The van der Waals surface area contributed by atoms with Gasteiger partial charge in [0.15, 0.2) is 0 Å². The number of amides is 1. The molecule has 3 heterocycles. The van der Waals surface area contributed by atoms with Gasteiger partial charge >= 0.3 is 12.4 Å². The highest BCUT2D eigenvalue weighted by atomic mass is 19.4. The number of hydrogen-bond donors (Lipinski definition) is 1. The molecule has 1 aliphatic rings. The number of rotatable bonds is 4. The molecule has 5 nitrogen and oxygen atoms in total. The summed E-state index contributed by atoms with van der Waals surface area (Å²) in [6, 6.07) is 11.7. The fraction of sp³-hybridized carbons (Fsp3) is 0.207. The molecule has 40 heavy (non-hydrogen) atoms. The van der Waals surface area contributed by atoms with Crippen molar-refractivity contribution in [1.29, 1.82) is 0 Å². The molecule has 206 valence electrons. The van der Waals surface area contributed by atoms with Gasteiger partial charge in [-0.05, 0) is 70.6 Å². The zero-order chi connectivity index (χ0) is 28.7. The number of alkyl halides is 6. The van der Waals surface area contributed by atoms with Crippen LogP contribution in [0.4, 0.5) is 26.3 Å². The van der Waals surface area contributed by atoms with E-state index in [1.807, 2.05) is 6.07 Å². The molecule has 1 fully saturated rings. The van der Waals surface area contributed by atoms with Gasteiger partial charge in [0.25, 0.3) is 5.91 Å². The highest BCUT2D eigenvalue weighted by Gasteiger charge is 2.39. The molecular weight excluding hydrogens is 536 g/mol. The fourth-order valence-corrected chi connectivity index (χ4v) is 4.93. The van der Waals surface area contributed by atoms with Crippen molar-refractivity contribution < 1.29 is 31.1 Å². The molecule has 0 spiro atoms. The number of benzene rings is 2. The topological polar surface area (TPSA) is 66.1 Å². The van der Waals surface area contributed by atoms with Crippen LogP contribution in [0.2, 0.25) is 0 Å². The average Bonchev–Trinajstić information content (AvgIpc) is 3.42. The molecular formula is C29H21F6N3O2. The summed E-state index contributed by atoms with van der Waals surface area (Å²) in [7, 11) is 0. The molecule has 1 aliphatic heterocycles. The second-order valence-electron chi connectivity index (χ2n) is 9.48. The predicted octanol–water partition coefficient (Wildman–Crippen LogP) is 6.77. The number of hydrogen-bond acceptors (Lipinski definition) is 3. The van der Waals surface area contributed by atoms with E-state index in [1.54, 1.807) is 18.5 Å². The van der Waals surface area contributed by atoms with Crippen LogP contribution < -0.4 is 5.56 Å². The van der Waals surface area contributed by atoms with Gasteiger partial charge in [0, 0.05) is 43.7 Å². The minimum Gasteiger partial charge on any atom is -0.338 e. The maximum absolute atomic E-state index is 14.4. The quantitative estimate of drug-likeness (QED) is 0.282. The number of halogens is 6. The van der Waals surface area contributed by atoms with Gasteiger partial charge in [-0.1, -0.05) is 18.2 Å². The fourth-order valence-electron chi connectivity index (χ4n) is 4.93. The van der Waals surface area contributed by atoms with Gasteiger partial charge in [0.2, 0.25) is 5.56 Å². The minimum atomic E-state index is -4.98. The van der Waals surface area contributed by atoms with E-state index in [9.17, 15) is 35.9 Å². The van der Waals surface area contributed by atoms with E-state index in [0.29, 0.717) is 12.5 Å². The smallest absolute Gasteiger partial charge is 0.338 e. The van der Waals surface area contributed by atoms with Crippen molar-refractivity contribution in [2.45, 2.75) is 24.7 Å². The summed E-state index contributed by atoms with van der Waals surface area (Å²) < 4.78 is 83.5. The van der Waals surface area contributed by atoms with Crippen molar-refractivity contribution in [3.8, 4) is 22.3 Å². The van der Waals surface area contributed by atoms with E-state index < -0.39 is 40.5 Å². The van der Waals surface area contributed by atoms with Crippen LogP contribution in [-0.2, 0) is 12.4 Å². The largest absolute Gasteiger partial charge is 0.417 e. The Morgan fingerprint density at radius 3 is 2.33 bits per heavy atom. The molecule has 1 N–H and O–H groups in total. The van der Waals surface area contributed by atoms with Gasteiger partial charge in [0.1, 0.15) is 0 Å². The molecule has 0 bridgehead atoms.